The Hall–Kier alpha value is -1.14. The van der Waals surface area contributed by atoms with Crippen LogP contribution in [-0.2, 0) is 9.53 Å². The fourth-order valence-corrected chi connectivity index (χ4v) is 4.88. The average Bonchev–Trinajstić information content (AvgIpc) is 3.12. The van der Waals surface area contributed by atoms with Crippen LogP contribution < -0.4 is 5.32 Å². The zero-order chi connectivity index (χ0) is 15.9. The van der Waals surface area contributed by atoms with E-state index in [1.807, 2.05) is 0 Å². The van der Waals surface area contributed by atoms with Gasteiger partial charge in [-0.1, -0.05) is 25.7 Å². The molecule has 4 fully saturated rings. The van der Waals surface area contributed by atoms with E-state index in [1.165, 1.54) is 24.2 Å². The van der Waals surface area contributed by atoms with Crippen molar-refractivity contribution >= 4 is 11.9 Å². The molecule has 0 radical (unpaired) electrons. The molecule has 4 aliphatic rings. The summed E-state index contributed by atoms with van der Waals surface area (Å²) in [5.74, 6) is 0.00783. The Balaban J connectivity index is 1.38. The van der Waals surface area contributed by atoms with Crippen LogP contribution in [-0.4, -0.2) is 65.7 Å². The van der Waals surface area contributed by atoms with E-state index in [4.69, 9.17) is 4.74 Å². The Bertz CT molecular complexity index is 487. The summed E-state index contributed by atoms with van der Waals surface area (Å²) < 4.78 is 5.90. The van der Waals surface area contributed by atoms with Crippen LogP contribution in [0.1, 0.15) is 51.4 Å². The molecule has 3 amide bonds. The van der Waals surface area contributed by atoms with Gasteiger partial charge in [-0.15, -0.1) is 0 Å². The second-order valence-corrected chi connectivity index (χ2v) is 7.47. The Morgan fingerprint density at radius 2 is 1.87 bits per heavy atom. The quantitative estimate of drug-likeness (QED) is 0.800. The van der Waals surface area contributed by atoms with Crippen molar-refractivity contribution in [1.82, 2.24) is 15.1 Å². The third-order valence-electron chi connectivity index (χ3n) is 6.16. The maximum atomic E-state index is 12.7. The zero-order valence-electron chi connectivity index (χ0n) is 13.8. The molecule has 0 aromatic heterocycles. The molecule has 2 aliphatic heterocycles. The van der Waals surface area contributed by atoms with Crippen LogP contribution in [0.4, 0.5) is 4.79 Å². The first-order chi connectivity index (χ1) is 11.2. The van der Waals surface area contributed by atoms with Crippen molar-refractivity contribution in [2.45, 2.75) is 69.1 Å². The number of amides is 3. The molecule has 23 heavy (non-hydrogen) atoms. The molecule has 6 nitrogen and oxygen atoms in total. The van der Waals surface area contributed by atoms with Gasteiger partial charge in [-0.25, -0.2) is 4.79 Å². The van der Waals surface area contributed by atoms with E-state index in [0.717, 1.165) is 51.8 Å². The van der Waals surface area contributed by atoms with Gasteiger partial charge in [-0.05, 0) is 25.7 Å². The Kier molecular flexibility index (Phi) is 4.05. The molecule has 2 aliphatic carbocycles. The normalized spacial score (nSPS) is 34.0. The number of imide groups is 1. The summed E-state index contributed by atoms with van der Waals surface area (Å²) >= 11 is 0. The van der Waals surface area contributed by atoms with Gasteiger partial charge in [0.25, 0.3) is 5.91 Å². The third kappa shape index (κ3) is 2.66. The number of nitrogens with one attached hydrogen (secondary N) is 1. The fourth-order valence-electron chi connectivity index (χ4n) is 4.88. The van der Waals surface area contributed by atoms with Crippen LogP contribution in [0.3, 0.4) is 0 Å². The number of urea groups is 1. The predicted molar refractivity (Wildman–Crippen MR) is 85.0 cm³/mol. The molecule has 2 unspecified atom stereocenters. The summed E-state index contributed by atoms with van der Waals surface area (Å²) in [6.07, 6.45) is 8.86. The maximum Gasteiger partial charge on any atom is 0.325 e. The van der Waals surface area contributed by atoms with E-state index >= 15 is 0 Å². The van der Waals surface area contributed by atoms with Crippen LogP contribution >= 0.6 is 0 Å². The number of nitrogens with zero attached hydrogens (tertiary/aromatic N) is 2. The number of ether oxygens (including phenoxy) is 1. The number of hydrogen-bond acceptors (Lipinski definition) is 4. The van der Waals surface area contributed by atoms with Crippen molar-refractivity contribution in [3.8, 4) is 0 Å². The summed E-state index contributed by atoms with van der Waals surface area (Å²) in [7, 11) is 0. The first-order valence-corrected chi connectivity index (χ1v) is 9.19. The van der Waals surface area contributed by atoms with Crippen molar-refractivity contribution in [3.63, 3.8) is 0 Å². The van der Waals surface area contributed by atoms with Gasteiger partial charge in [0.2, 0.25) is 0 Å². The van der Waals surface area contributed by atoms with E-state index in [2.05, 4.69) is 10.2 Å². The highest BCUT2D eigenvalue weighted by Gasteiger charge is 2.52. The Morgan fingerprint density at radius 3 is 2.70 bits per heavy atom. The number of morpholine rings is 1. The number of carbonyl (C=O) groups is 2. The number of rotatable bonds is 3. The molecule has 128 valence electrons. The van der Waals surface area contributed by atoms with Gasteiger partial charge in [-0.2, -0.15) is 0 Å². The minimum Gasteiger partial charge on any atom is -0.375 e. The molecule has 4 rings (SSSR count). The lowest BCUT2D eigenvalue weighted by atomic mass is 9.90. The van der Waals surface area contributed by atoms with Crippen molar-refractivity contribution in [3.05, 3.63) is 0 Å². The second-order valence-electron chi connectivity index (χ2n) is 7.47. The highest BCUT2D eigenvalue weighted by Crippen LogP contribution is 2.35. The average molecular weight is 321 g/mol. The van der Waals surface area contributed by atoms with Crippen molar-refractivity contribution < 1.29 is 14.3 Å². The van der Waals surface area contributed by atoms with Gasteiger partial charge < -0.3 is 10.1 Å². The molecule has 1 N–H and O–H groups in total. The van der Waals surface area contributed by atoms with Crippen molar-refractivity contribution in [1.29, 1.82) is 0 Å². The molecule has 0 bridgehead atoms. The molecule has 2 saturated carbocycles. The molecule has 1 spiro atoms. The summed E-state index contributed by atoms with van der Waals surface area (Å²) in [5.41, 5.74) is -0.574. The van der Waals surface area contributed by atoms with Gasteiger partial charge in [0.05, 0.1) is 12.7 Å². The highest BCUT2D eigenvalue weighted by atomic mass is 16.5. The fraction of sp³-hybridized carbons (Fsp3) is 0.882. The van der Waals surface area contributed by atoms with E-state index in [-0.39, 0.29) is 11.9 Å². The van der Waals surface area contributed by atoms with Gasteiger partial charge in [0.1, 0.15) is 5.54 Å². The van der Waals surface area contributed by atoms with Gasteiger partial charge in [-0.3, -0.25) is 14.6 Å². The monoisotopic (exact) mass is 321 g/mol. The summed E-state index contributed by atoms with van der Waals surface area (Å²) in [6, 6.07) is 0.282. The lowest BCUT2D eigenvalue weighted by Crippen LogP contribution is -2.54. The molecule has 0 aromatic carbocycles. The van der Waals surface area contributed by atoms with E-state index in [9.17, 15) is 9.59 Å². The molecular formula is C17H27N3O3. The van der Waals surface area contributed by atoms with Crippen LogP contribution in [0.15, 0.2) is 0 Å². The molecule has 0 aromatic rings. The summed E-state index contributed by atoms with van der Waals surface area (Å²) in [5, 5.41) is 2.97. The first kappa shape index (κ1) is 15.4. The number of fused-ring (bicyclic) bond motifs is 1. The maximum absolute atomic E-state index is 12.7. The van der Waals surface area contributed by atoms with E-state index < -0.39 is 5.54 Å². The van der Waals surface area contributed by atoms with Crippen LogP contribution in [0.25, 0.3) is 0 Å². The lowest BCUT2D eigenvalue weighted by Gasteiger charge is -2.44. The molecular weight excluding hydrogens is 294 g/mol. The van der Waals surface area contributed by atoms with Gasteiger partial charge in [0, 0.05) is 25.7 Å². The lowest BCUT2D eigenvalue weighted by molar-refractivity contribution is -0.132. The molecule has 6 heteroatoms. The molecule has 2 heterocycles. The van der Waals surface area contributed by atoms with Crippen LogP contribution in [0, 0.1) is 0 Å². The highest BCUT2D eigenvalue weighted by molar-refractivity contribution is 6.07. The SMILES string of the molecule is O=C1NC2(CCCC2)C(=O)N1CCN1CCOC2CCCCC21. The van der Waals surface area contributed by atoms with E-state index in [0.29, 0.717) is 18.7 Å². The first-order valence-electron chi connectivity index (χ1n) is 9.19. The molecule has 2 atom stereocenters. The minimum atomic E-state index is -0.574. The Morgan fingerprint density at radius 1 is 1.09 bits per heavy atom. The second kappa shape index (κ2) is 6.06. The topological polar surface area (TPSA) is 61.9 Å². The van der Waals surface area contributed by atoms with E-state index in [1.54, 1.807) is 0 Å². The van der Waals surface area contributed by atoms with Gasteiger partial charge in [0.15, 0.2) is 0 Å². The third-order valence-corrected chi connectivity index (χ3v) is 6.16. The number of hydrogen-bond donors (Lipinski definition) is 1. The predicted octanol–water partition coefficient (Wildman–Crippen LogP) is 1.49. The van der Waals surface area contributed by atoms with Crippen LogP contribution in [0.2, 0.25) is 0 Å². The van der Waals surface area contributed by atoms with Crippen molar-refractivity contribution in [2.24, 2.45) is 0 Å². The molecule has 2 saturated heterocycles. The van der Waals surface area contributed by atoms with Crippen molar-refractivity contribution in [2.75, 3.05) is 26.2 Å². The largest absolute Gasteiger partial charge is 0.375 e. The Labute approximate surface area is 137 Å². The van der Waals surface area contributed by atoms with Gasteiger partial charge >= 0.3 is 6.03 Å². The summed E-state index contributed by atoms with van der Waals surface area (Å²) in [6.45, 7) is 2.97. The van der Waals surface area contributed by atoms with Crippen LogP contribution in [0.5, 0.6) is 0 Å². The summed E-state index contributed by atoms with van der Waals surface area (Å²) in [4.78, 5) is 28.8. The zero-order valence-corrected chi connectivity index (χ0v) is 13.8. The number of carbonyl (C=O) groups excluding carboxylic acids is 2. The smallest absolute Gasteiger partial charge is 0.325 e. The minimum absolute atomic E-state index is 0.00783. The standard InChI is InChI=1S/C17H27N3O3/c21-15-17(7-3-4-8-17)18-16(22)20(15)10-9-19-11-12-23-14-6-2-1-5-13(14)19/h13-14H,1-12H2,(H,18,22).